The molecule has 0 bridgehead atoms. The highest BCUT2D eigenvalue weighted by molar-refractivity contribution is 6.44. The zero-order valence-electron chi connectivity index (χ0n) is 14.3. The second kappa shape index (κ2) is 7.14. The highest BCUT2D eigenvalue weighted by Crippen LogP contribution is 2.37. The number of hydrogen-bond acceptors (Lipinski definition) is 7. The molecule has 3 rings (SSSR count). The van der Waals surface area contributed by atoms with Gasteiger partial charge in [0.05, 0.1) is 19.2 Å². The van der Waals surface area contributed by atoms with Crippen molar-refractivity contribution in [1.82, 2.24) is 4.90 Å². The highest BCUT2D eigenvalue weighted by atomic mass is 16.5. The lowest BCUT2D eigenvalue weighted by molar-refractivity contribution is -0.143. The van der Waals surface area contributed by atoms with Crippen molar-refractivity contribution in [2.45, 2.75) is 37.9 Å². The molecule has 9 nitrogen and oxygen atoms in total. The van der Waals surface area contributed by atoms with E-state index in [1.165, 1.54) is 11.8 Å². The molecule has 140 valence electrons. The average Bonchev–Trinajstić information content (AvgIpc) is 2.55. The maximum Gasteiger partial charge on any atom is 0.522 e. The van der Waals surface area contributed by atoms with Gasteiger partial charge in [-0.05, 0) is 31.3 Å². The molecule has 0 spiro atoms. The van der Waals surface area contributed by atoms with Crippen molar-refractivity contribution in [1.29, 1.82) is 0 Å². The van der Waals surface area contributed by atoms with Crippen LogP contribution in [-0.2, 0) is 11.2 Å². The van der Waals surface area contributed by atoms with Gasteiger partial charge in [-0.2, -0.15) is 0 Å². The smallest absolute Gasteiger partial charge is 0.522 e. The van der Waals surface area contributed by atoms with E-state index in [4.69, 9.17) is 15.1 Å². The lowest BCUT2D eigenvalue weighted by Crippen LogP contribution is -2.61. The van der Waals surface area contributed by atoms with Crippen molar-refractivity contribution in [3.63, 3.8) is 0 Å². The summed E-state index contributed by atoms with van der Waals surface area (Å²) in [5.41, 5.74) is 6.19. The van der Waals surface area contributed by atoms with E-state index in [1.807, 2.05) is 0 Å². The Hall–Kier alpha value is -2.30. The van der Waals surface area contributed by atoms with Gasteiger partial charge in [0, 0.05) is 0 Å². The van der Waals surface area contributed by atoms with Crippen molar-refractivity contribution in [2.75, 3.05) is 13.1 Å². The number of likely N-dealkylation sites (tertiary alicyclic amines) is 1. The summed E-state index contributed by atoms with van der Waals surface area (Å²) in [5.74, 6) is -1.34. The largest absolute Gasteiger partial charge is 0.535 e. The fraction of sp³-hybridized carbons (Fsp3) is 0.500. The average molecular weight is 364 g/mol. The molecule has 1 saturated heterocycles. The minimum Gasteiger partial charge on any atom is -0.535 e. The summed E-state index contributed by atoms with van der Waals surface area (Å²) in [6.45, 7) is 1.94. The first-order valence-corrected chi connectivity index (χ1v) is 8.41. The van der Waals surface area contributed by atoms with E-state index < -0.39 is 25.2 Å². The van der Waals surface area contributed by atoms with Gasteiger partial charge in [-0.15, -0.1) is 0 Å². The van der Waals surface area contributed by atoms with Gasteiger partial charge < -0.3 is 35.3 Å². The lowest BCUT2D eigenvalue weighted by atomic mass is 9.78. The lowest BCUT2D eigenvalue weighted by Gasteiger charge is -2.40. The number of carbonyl (C=O) groups is 2. The maximum absolute atomic E-state index is 12.0. The predicted octanol–water partition coefficient (Wildman–Crippen LogP) is -0.902. The SMILES string of the molecule is CC(O)[C@H](N)C(=O)N1CC(Oc2ccc3c(c2C(=O)O)OB(O)CC3)C1. The number of amides is 1. The Kier molecular flexibility index (Phi) is 5.08. The normalized spacial score (nSPS) is 19.1. The first kappa shape index (κ1) is 18.5. The summed E-state index contributed by atoms with van der Waals surface area (Å²) in [4.78, 5) is 25.1. The quantitative estimate of drug-likeness (QED) is 0.492. The molecule has 1 aromatic carbocycles. The van der Waals surface area contributed by atoms with Gasteiger partial charge in [-0.3, -0.25) is 4.79 Å². The molecule has 0 aliphatic carbocycles. The van der Waals surface area contributed by atoms with Gasteiger partial charge in [0.1, 0.15) is 29.2 Å². The molecule has 1 amide bonds. The molecule has 2 atom stereocenters. The third-order valence-corrected chi connectivity index (χ3v) is 4.59. The first-order valence-electron chi connectivity index (χ1n) is 8.41. The number of carbonyl (C=O) groups excluding carboxylic acids is 1. The fourth-order valence-electron chi connectivity index (χ4n) is 3.00. The highest BCUT2D eigenvalue weighted by Gasteiger charge is 2.37. The van der Waals surface area contributed by atoms with Gasteiger partial charge in [0.25, 0.3) is 0 Å². The van der Waals surface area contributed by atoms with Crippen molar-refractivity contribution in [2.24, 2.45) is 5.73 Å². The minimum absolute atomic E-state index is 0.122. The van der Waals surface area contributed by atoms with E-state index in [2.05, 4.69) is 0 Å². The Morgan fingerprint density at radius 3 is 2.73 bits per heavy atom. The third kappa shape index (κ3) is 3.48. The number of fused-ring (bicyclic) bond motifs is 1. The number of rotatable bonds is 5. The Morgan fingerprint density at radius 2 is 2.12 bits per heavy atom. The van der Waals surface area contributed by atoms with Gasteiger partial charge in [-0.25, -0.2) is 4.79 Å². The van der Waals surface area contributed by atoms with E-state index in [0.717, 1.165) is 0 Å². The molecular formula is C16H21BN2O7. The molecule has 0 radical (unpaired) electrons. The van der Waals surface area contributed by atoms with E-state index in [0.29, 0.717) is 18.3 Å². The summed E-state index contributed by atoms with van der Waals surface area (Å²) < 4.78 is 11.0. The summed E-state index contributed by atoms with van der Waals surface area (Å²) in [6, 6.07) is 2.28. The topological polar surface area (TPSA) is 143 Å². The van der Waals surface area contributed by atoms with Crippen LogP contribution in [0, 0.1) is 0 Å². The summed E-state index contributed by atoms with van der Waals surface area (Å²) in [6.07, 6.45) is -0.426. The van der Waals surface area contributed by atoms with Gasteiger partial charge >= 0.3 is 13.1 Å². The number of hydrogen-bond donors (Lipinski definition) is 4. The molecular weight excluding hydrogens is 343 g/mol. The Bertz CT molecular complexity index is 721. The standard InChI is InChI=1S/C16H21BN2O7/c1-8(20)13(18)15(21)19-6-10(7-19)25-11-3-2-9-4-5-17(24)26-14(9)12(11)16(22)23/h2-3,8,10,13,20,24H,4-7,18H2,1H3,(H,22,23)/t8?,13-/m0/s1. The maximum atomic E-state index is 12.0. The van der Waals surface area contributed by atoms with Gasteiger partial charge in [0.15, 0.2) is 0 Å². The van der Waals surface area contributed by atoms with E-state index in [1.54, 1.807) is 12.1 Å². The van der Waals surface area contributed by atoms with Crippen LogP contribution in [0.2, 0.25) is 6.32 Å². The third-order valence-electron chi connectivity index (χ3n) is 4.59. The van der Waals surface area contributed by atoms with Crippen LogP contribution in [0.5, 0.6) is 11.5 Å². The molecule has 2 heterocycles. The molecule has 0 aromatic heterocycles. The van der Waals surface area contributed by atoms with E-state index in [9.17, 15) is 24.8 Å². The van der Waals surface area contributed by atoms with Crippen LogP contribution < -0.4 is 15.1 Å². The number of carboxylic acid groups (broad SMARTS) is 1. The number of nitrogens with two attached hydrogens (primary N) is 1. The zero-order chi connectivity index (χ0) is 19.0. The zero-order valence-corrected chi connectivity index (χ0v) is 14.3. The van der Waals surface area contributed by atoms with E-state index in [-0.39, 0.29) is 42.2 Å². The second-order valence-electron chi connectivity index (χ2n) is 6.59. The number of ether oxygens (including phenoxy) is 1. The molecule has 2 aliphatic rings. The molecule has 5 N–H and O–H groups in total. The predicted molar refractivity (Wildman–Crippen MR) is 91.2 cm³/mol. The summed E-state index contributed by atoms with van der Waals surface area (Å²) >= 11 is 0. The number of benzene rings is 1. The van der Waals surface area contributed by atoms with Crippen LogP contribution in [0.3, 0.4) is 0 Å². The van der Waals surface area contributed by atoms with Gasteiger partial charge in [-0.1, -0.05) is 6.07 Å². The molecule has 1 unspecified atom stereocenters. The first-order chi connectivity index (χ1) is 12.3. The van der Waals surface area contributed by atoms with Crippen LogP contribution in [0.15, 0.2) is 12.1 Å². The van der Waals surface area contributed by atoms with Crippen molar-refractivity contribution in [3.8, 4) is 11.5 Å². The van der Waals surface area contributed by atoms with Crippen LogP contribution >= 0.6 is 0 Å². The monoisotopic (exact) mass is 364 g/mol. The Labute approximate surface area is 150 Å². The number of aliphatic hydroxyl groups excluding tert-OH is 1. The molecule has 0 saturated carbocycles. The fourth-order valence-corrected chi connectivity index (χ4v) is 3.00. The molecule has 1 fully saturated rings. The number of aliphatic hydroxyl groups is 1. The number of aromatic carboxylic acids is 1. The van der Waals surface area contributed by atoms with E-state index >= 15 is 0 Å². The summed E-state index contributed by atoms with van der Waals surface area (Å²) in [5, 5.41) is 28.6. The Balaban J connectivity index is 1.71. The number of carboxylic acids is 1. The van der Waals surface area contributed by atoms with Crippen LogP contribution in [-0.4, -0.2) is 70.5 Å². The van der Waals surface area contributed by atoms with Crippen molar-refractivity contribution in [3.05, 3.63) is 23.3 Å². The summed E-state index contributed by atoms with van der Waals surface area (Å²) in [7, 11) is -1.05. The van der Waals surface area contributed by atoms with Crippen LogP contribution in [0.25, 0.3) is 0 Å². The van der Waals surface area contributed by atoms with Crippen LogP contribution in [0.4, 0.5) is 0 Å². The number of nitrogens with zero attached hydrogens (tertiary/aromatic N) is 1. The van der Waals surface area contributed by atoms with Crippen molar-refractivity contribution >= 4 is 19.0 Å². The van der Waals surface area contributed by atoms with Crippen molar-refractivity contribution < 1.29 is 34.2 Å². The molecule has 2 aliphatic heterocycles. The molecule has 1 aromatic rings. The second-order valence-corrected chi connectivity index (χ2v) is 6.59. The number of aryl methyl sites for hydroxylation is 1. The molecule has 26 heavy (non-hydrogen) atoms. The Morgan fingerprint density at radius 1 is 1.42 bits per heavy atom. The molecule has 10 heteroatoms. The van der Waals surface area contributed by atoms with Crippen LogP contribution in [0.1, 0.15) is 22.8 Å². The van der Waals surface area contributed by atoms with Gasteiger partial charge in [0.2, 0.25) is 5.91 Å². The minimum atomic E-state index is -1.21.